The summed E-state index contributed by atoms with van der Waals surface area (Å²) in [6.45, 7) is 0.277. The largest absolute Gasteiger partial charge is 0.478 e. The van der Waals surface area contributed by atoms with Gasteiger partial charge in [0.15, 0.2) is 5.16 Å². The fourth-order valence-corrected chi connectivity index (χ4v) is 2.55. The number of hydrogen-bond acceptors (Lipinski definition) is 7. The van der Waals surface area contributed by atoms with Gasteiger partial charge in [-0.2, -0.15) is 0 Å². The topological polar surface area (TPSA) is 138 Å². The van der Waals surface area contributed by atoms with Crippen molar-refractivity contribution in [3.63, 3.8) is 0 Å². The first-order valence-corrected chi connectivity index (χ1v) is 7.42. The first-order chi connectivity index (χ1) is 11.0. The molecule has 5 N–H and O–H groups in total. The predicted octanol–water partition coefficient (Wildman–Crippen LogP) is 0.822. The van der Waals surface area contributed by atoms with Crippen LogP contribution in [0, 0.1) is 0 Å². The summed E-state index contributed by atoms with van der Waals surface area (Å²) in [6.07, 6.45) is 0.729. The number of H-pyrrole nitrogens is 1. The Morgan fingerprint density at radius 2 is 2.13 bits per heavy atom. The first kappa shape index (κ1) is 16.6. The van der Waals surface area contributed by atoms with Gasteiger partial charge in [-0.05, 0) is 24.3 Å². The third-order valence-corrected chi connectivity index (χ3v) is 3.79. The van der Waals surface area contributed by atoms with Crippen LogP contribution in [0.2, 0.25) is 0 Å². The average Bonchev–Trinajstić information content (AvgIpc) is 2.50. The van der Waals surface area contributed by atoms with Gasteiger partial charge in [-0.25, -0.2) is 9.78 Å². The van der Waals surface area contributed by atoms with Gasteiger partial charge in [-0.15, -0.1) is 0 Å². The predicted molar refractivity (Wildman–Crippen MR) is 86.9 cm³/mol. The van der Waals surface area contributed by atoms with Gasteiger partial charge in [0.2, 0.25) is 0 Å². The summed E-state index contributed by atoms with van der Waals surface area (Å²) in [5.74, 6) is -0.923. The maximum Gasteiger partial charge on any atom is 0.335 e. The number of nitrogens with one attached hydrogen (secondary N) is 2. The number of aldehydes is 1. The van der Waals surface area contributed by atoms with E-state index in [1.165, 1.54) is 12.1 Å². The lowest BCUT2D eigenvalue weighted by Gasteiger charge is -2.12. The van der Waals surface area contributed by atoms with Crippen molar-refractivity contribution in [1.29, 1.82) is 0 Å². The van der Waals surface area contributed by atoms with E-state index in [0.29, 0.717) is 5.69 Å². The van der Waals surface area contributed by atoms with Gasteiger partial charge in [0, 0.05) is 18.3 Å². The molecular weight excluding hydrogens is 320 g/mol. The van der Waals surface area contributed by atoms with E-state index in [1.807, 2.05) is 0 Å². The van der Waals surface area contributed by atoms with E-state index in [1.54, 1.807) is 12.1 Å². The lowest BCUT2D eigenvalue weighted by Crippen LogP contribution is -2.19. The molecule has 1 aromatic heterocycles. The van der Waals surface area contributed by atoms with Crippen LogP contribution in [0.25, 0.3) is 0 Å². The lowest BCUT2D eigenvalue weighted by atomic mass is 10.2. The second-order valence-corrected chi connectivity index (χ2v) is 5.76. The number of anilines is 2. The monoisotopic (exact) mass is 334 g/mol. The van der Waals surface area contributed by atoms with Crippen LogP contribution < -0.4 is 16.6 Å². The average molecular weight is 334 g/mol. The second-order valence-electron chi connectivity index (χ2n) is 4.53. The van der Waals surface area contributed by atoms with Gasteiger partial charge in [0.25, 0.3) is 5.56 Å². The van der Waals surface area contributed by atoms with E-state index in [9.17, 15) is 14.4 Å². The van der Waals surface area contributed by atoms with Crippen molar-refractivity contribution in [1.82, 2.24) is 9.97 Å². The van der Waals surface area contributed by atoms with E-state index in [-0.39, 0.29) is 28.6 Å². The number of rotatable bonds is 7. The van der Waals surface area contributed by atoms with Crippen molar-refractivity contribution in [2.75, 3.05) is 17.6 Å². The van der Waals surface area contributed by atoms with Crippen LogP contribution in [0.3, 0.4) is 0 Å². The molecule has 9 heteroatoms. The summed E-state index contributed by atoms with van der Waals surface area (Å²) >= 11 is 1.07. The van der Waals surface area contributed by atoms with Crippen molar-refractivity contribution < 1.29 is 14.7 Å². The van der Waals surface area contributed by atoms with Crippen LogP contribution >= 0.6 is 11.8 Å². The Morgan fingerprint density at radius 3 is 2.70 bits per heavy atom. The zero-order chi connectivity index (χ0) is 16.8. The standard InChI is InChI=1S/C14H14N4O4S/c15-11-5-12(20)18-14(17-11)23-10(7-19)6-16-9-3-1-8(2-4-9)13(21)22/h1-5,7,10,16H,6H2,(H,21,22)(H3,15,17,18,20). The zero-order valence-corrected chi connectivity index (χ0v) is 12.7. The smallest absolute Gasteiger partial charge is 0.335 e. The maximum absolute atomic E-state index is 11.3. The van der Waals surface area contributed by atoms with Gasteiger partial charge in [-0.1, -0.05) is 11.8 Å². The number of nitrogen functional groups attached to an aromatic ring is 1. The van der Waals surface area contributed by atoms with Crippen LogP contribution in [0.4, 0.5) is 11.5 Å². The Bertz CT molecular complexity index is 760. The molecule has 0 bridgehead atoms. The molecule has 1 aromatic carbocycles. The number of benzene rings is 1. The Labute approximate surface area is 135 Å². The summed E-state index contributed by atoms with van der Waals surface area (Å²) < 4.78 is 0. The number of aromatic amines is 1. The highest BCUT2D eigenvalue weighted by atomic mass is 32.2. The van der Waals surface area contributed by atoms with Crippen LogP contribution in [0.5, 0.6) is 0 Å². The molecule has 0 aliphatic heterocycles. The van der Waals surface area contributed by atoms with Gasteiger partial charge >= 0.3 is 5.97 Å². The number of hydrogen-bond donors (Lipinski definition) is 4. The molecule has 0 aliphatic carbocycles. The minimum Gasteiger partial charge on any atom is -0.478 e. The van der Waals surface area contributed by atoms with Gasteiger partial charge < -0.3 is 25.9 Å². The molecule has 0 amide bonds. The summed E-state index contributed by atoms with van der Waals surface area (Å²) in [4.78, 5) is 39.7. The number of nitrogens with zero attached hydrogens (tertiary/aromatic N) is 1. The highest BCUT2D eigenvalue weighted by Gasteiger charge is 2.12. The minimum absolute atomic E-state index is 0.0816. The van der Waals surface area contributed by atoms with Crippen molar-refractivity contribution in [3.8, 4) is 0 Å². The first-order valence-electron chi connectivity index (χ1n) is 6.54. The molecule has 0 spiro atoms. The van der Waals surface area contributed by atoms with Crippen molar-refractivity contribution >= 4 is 35.5 Å². The van der Waals surface area contributed by atoms with Crippen LogP contribution in [-0.2, 0) is 4.79 Å². The number of thioether (sulfide) groups is 1. The number of nitrogens with two attached hydrogens (primary N) is 1. The fourth-order valence-electron chi connectivity index (χ4n) is 1.72. The summed E-state index contributed by atoms with van der Waals surface area (Å²) in [5.41, 5.74) is 5.95. The highest BCUT2D eigenvalue weighted by Crippen LogP contribution is 2.19. The summed E-state index contributed by atoms with van der Waals surface area (Å²) in [7, 11) is 0. The van der Waals surface area contributed by atoms with E-state index < -0.39 is 11.2 Å². The SMILES string of the molecule is Nc1cc(=O)[nH]c(SC(C=O)CNc2ccc(C(=O)O)cc2)n1. The van der Waals surface area contributed by atoms with Gasteiger partial charge in [0.05, 0.1) is 10.8 Å². The van der Waals surface area contributed by atoms with Gasteiger partial charge in [0.1, 0.15) is 12.1 Å². The van der Waals surface area contributed by atoms with Crippen molar-refractivity contribution in [2.24, 2.45) is 0 Å². The molecule has 0 aliphatic rings. The van der Waals surface area contributed by atoms with E-state index in [0.717, 1.165) is 24.1 Å². The molecule has 0 saturated carbocycles. The Balaban J connectivity index is 1.98. The Kier molecular flexibility index (Phi) is 5.36. The Morgan fingerprint density at radius 1 is 1.43 bits per heavy atom. The number of aromatic nitrogens is 2. The molecule has 1 unspecified atom stereocenters. The quantitative estimate of drug-likeness (QED) is 0.332. The van der Waals surface area contributed by atoms with Gasteiger partial charge in [-0.3, -0.25) is 4.79 Å². The summed E-state index contributed by atoms with van der Waals surface area (Å²) in [6, 6.07) is 7.30. The molecule has 0 saturated heterocycles. The number of carbonyl (C=O) groups excluding carboxylic acids is 1. The second kappa shape index (κ2) is 7.45. The zero-order valence-electron chi connectivity index (χ0n) is 11.9. The van der Waals surface area contributed by atoms with E-state index in [2.05, 4.69) is 15.3 Å². The maximum atomic E-state index is 11.3. The minimum atomic E-state index is -1.01. The van der Waals surface area contributed by atoms with Crippen LogP contribution in [-0.4, -0.2) is 39.1 Å². The lowest BCUT2D eigenvalue weighted by molar-refractivity contribution is -0.107. The fraction of sp³-hybridized carbons (Fsp3) is 0.143. The normalized spacial score (nSPS) is 11.7. The molecule has 1 heterocycles. The molecule has 2 rings (SSSR count). The molecule has 0 radical (unpaired) electrons. The molecule has 2 aromatic rings. The third-order valence-electron chi connectivity index (χ3n) is 2.79. The van der Waals surface area contributed by atoms with Crippen molar-refractivity contribution in [3.05, 3.63) is 46.2 Å². The number of carbonyl (C=O) groups is 2. The molecule has 0 fully saturated rings. The van der Waals surface area contributed by atoms with Crippen LogP contribution in [0.15, 0.2) is 40.3 Å². The van der Waals surface area contributed by atoms with Crippen LogP contribution in [0.1, 0.15) is 10.4 Å². The van der Waals surface area contributed by atoms with Crippen molar-refractivity contribution in [2.45, 2.75) is 10.4 Å². The van der Waals surface area contributed by atoms with E-state index in [4.69, 9.17) is 10.8 Å². The molecule has 23 heavy (non-hydrogen) atoms. The summed E-state index contributed by atoms with van der Waals surface area (Å²) in [5, 5.41) is 11.6. The number of carboxylic acids is 1. The molecule has 120 valence electrons. The van der Waals surface area contributed by atoms with E-state index >= 15 is 0 Å². The number of carboxylic acid groups (broad SMARTS) is 1. The Hall–Kier alpha value is -2.81. The molecular formula is C14H14N4O4S. The molecule has 1 atom stereocenters. The number of aromatic carboxylic acids is 1. The third kappa shape index (κ3) is 4.85. The highest BCUT2D eigenvalue weighted by molar-refractivity contribution is 8.00. The molecule has 8 nitrogen and oxygen atoms in total.